The maximum atomic E-state index is 5.80. The summed E-state index contributed by atoms with van der Waals surface area (Å²) >= 11 is 0. The first-order valence-electron chi connectivity index (χ1n) is 6.02. The molecular weight excluding hydrogens is 222 g/mol. The van der Waals surface area contributed by atoms with Crippen molar-refractivity contribution in [1.29, 1.82) is 0 Å². The lowest BCUT2D eigenvalue weighted by Gasteiger charge is -2.21. The molecule has 1 aliphatic rings. The summed E-state index contributed by atoms with van der Waals surface area (Å²) in [6, 6.07) is 16.6. The van der Waals surface area contributed by atoms with Gasteiger partial charge in [0.15, 0.2) is 0 Å². The van der Waals surface area contributed by atoms with Crippen molar-refractivity contribution in [3.05, 3.63) is 60.3 Å². The number of hydrogen-bond acceptors (Lipinski definition) is 2. The van der Waals surface area contributed by atoms with Crippen molar-refractivity contribution in [3.8, 4) is 17.0 Å². The van der Waals surface area contributed by atoms with E-state index in [4.69, 9.17) is 4.74 Å². The standard InChI is InChI=1S/C16H11NO/c1-2-5-12-11(4-1)7-8-13-14(12)10-18-15-6-3-9-17-16(13)15/h1-9H,10H2. The first-order valence-corrected chi connectivity index (χ1v) is 6.02. The molecule has 0 atom stereocenters. The van der Waals surface area contributed by atoms with Gasteiger partial charge in [-0.3, -0.25) is 4.98 Å². The summed E-state index contributed by atoms with van der Waals surface area (Å²) in [5.74, 6) is 0.875. The van der Waals surface area contributed by atoms with Gasteiger partial charge in [0.1, 0.15) is 18.1 Å². The van der Waals surface area contributed by atoms with Gasteiger partial charge < -0.3 is 4.74 Å². The van der Waals surface area contributed by atoms with Crippen LogP contribution in [0.5, 0.6) is 5.75 Å². The van der Waals surface area contributed by atoms with E-state index in [1.54, 1.807) is 0 Å². The monoisotopic (exact) mass is 233 g/mol. The molecule has 0 radical (unpaired) electrons. The predicted molar refractivity (Wildman–Crippen MR) is 71.5 cm³/mol. The number of hydrogen-bond donors (Lipinski definition) is 0. The van der Waals surface area contributed by atoms with E-state index in [0.29, 0.717) is 6.61 Å². The molecule has 86 valence electrons. The molecular formula is C16H11NO. The van der Waals surface area contributed by atoms with Crippen LogP contribution >= 0.6 is 0 Å². The summed E-state index contributed by atoms with van der Waals surface area (Å²) in [5.41, 5.74) is 3.37. The van der Waals surface area contributed by atoms with E-state index in [1.807, 2.05) is 18.3 Å². The van der Waals surface area contributed by atoms with Crippen LogP contribution in [0.15, 0.2) is 54.7 Å². The van der Waals surface area contributed by atoms with Gasteiger partial charge in [-0.1, -0.05) is 36.4 Å². The van der Waals surface area contributed by atoms with E-state index in [1.165, 1.54) is 21.9 Å². The fourth-order valence-corrected chi connectivity index (χ4v) is 2.57. The molecule has 18 heavy (non-hydrogen) atoms. The molecule has 2 aromatic carbocycles. The van der Waals surface area contributed by atoms with Gasteiger partial charge in [0.2, 0.25) is 0 Å². The summed E-state index contributed by atoms with van der Waals surface area (Å²) in [5, 5.41) is 2.51. The summed E-state index contributed by atoms with van der Waals surface area (Å²) in [6.45, 7) is 0.620. The van der Waals surface area contributed by atoms with Crippen LogP contribution in [0.1, 0.15) is 5.56 Å². The average Bonchev–Trinajstić information content (AvgIpc) is 2.46. The number of aromatic nitrogens is 1. The van der Waals surface area contributed by atoms with Gasteiger partial charge in [-0.15, -0.1) is 0 Å². The second-order valence-corrected chi connectivity index (χ2v) is 4.45. The van der Waals surface area contributed by atoms with Crippen molar-refractivity contribution >= 4 is 10.8 Å². The number of ether oxygens (including phenoxy) is 1. The quantitative estimate of drug-likeness (QED) is 0.589. The number of fused-ring (bicyclic) bond motifs is 5. The van der Waals surface area contributed by atoms with Crippen molar-refractivity contribution in [2.24, 2.45) is 0 Å². The Hall–Kier alpha value is -2.35. The molecule has 0 fully saturated rings. The number of nitrogens with zero attached hydrogens (tertiary/aromatic N) is 1. The minimum Gasteiger partial charge on any atom is -0.487 e. The third kappa shape index (κ3) is 1.26. The maximum Gasteiger partial charge on any atom is 0.146 e. The highest BCUT2D eigenvalue weighted by Gasteiger charge is 2.19. The van der Waals surface area contributed by atoms with Crippen LogP contribution in [-0.2, 0) is 6.61 Å². The molecule has 2 heteroatoms. The van der Waals surface area contributed by atoms with Crippen LogP contribution in [0, 0.1) is 0 Å². The van der Waals surface area contributed by atoms with Gasteiger partial charge >= 0.3 is 0 Å². The highest BCUT2D eigenvalue weighted by atomic mass is 16.5. The second-order valence-electron chi connectivity index (χ2n) is 4.45. The zero-order valence-electron chi connectivity index (χ0n) is 9.76. The summed E-state index contributed by atoms with van der Waals surface area (Å²) in [7, 11) is 0. The molecule has 3 aromatic rings. The molecule has 4 rings (SSSR count). The van der Waals surface area contributed by atoms with Crippen molar-refractivity contribution in [2.45, 2.75) is 6.61 Å². The van der Waals surface area contributed by atoms with Gasteiger partial charge in [0.25, 0.3) is 0 Å². The molecule has 1 aromatic heterocycles. The van der Waals surface area contributed by atoms with Crippen LogP contribution < -0.4 is 4.74 Å². The van der Waals surface area contributed by atoms with Gasteiger partial charge in [0.05, 0.1) is 0 Å². The lowest BCUT2D eigenvalue weighted by Crippen LogP contribution is -2.07. The predicted octanol–water partition coefficient (Wildman–Crippen LogP) is 3.79. The molecule has 1 aliphatic heterocycles. The zero-order valence-corrected chi connectivity index (χ0v) is 9.76. The van der Waals surface area contributed by atoms with Crippen LogP contribution in [0.4, 0.5) is 0 Å². The molecule has 0 aliphatic carbocycles. The van der Waals surface area contributed by atoms with Gasteiger partial charge in [-0.25, -0.2) is 0 Å². The lowest BCUT2D eigenvalue weighted by molar-refractivity contribution is 0.302. The van der Waals surface area contributed by atoms with Gasteiger partial charge in [0, 0.05) is 17.3 Å². The molecule has 0 N–H and O–H groups in total. The SMILES string of the molecule is c1cnc2c(c1)OCc1c-2ccc2ccccc12. The fourth-order valence-electron chi connectivity index (χ4n) is 2.57. The molecule has 2 heterocycles. The highest BCUT2D eigenvalue weighted by molar-refractivity contribution is 5.92. The Labute approximate surface area is 105 Å². The van der Waals surface area contributed by atoms with Crippen LogP contribution in [0.2, 0.25) is 0 Å². The van der Waals surface area contributed by atoms with E-state index in [0.717, 1.165) is 11.4 Å². The Morgan fingerprint density at radius 2 is 1.89 bits per heavy atom. The maximum absolute atomic E-state index is 5.80. The van der Waals surface area contributed by atoms with Crippen LogP contribution in [0.3, 0.4) is 0 Å². The van der Waals surface area contributed by atoms with Crippen molar-refractivity contribution in [1.82, 2.24) is 4.98 Å². The van der Waals surface area contributed by atoms with Crippen molar-refractivity contribution in [2.75, 3.05) is 0 Å². The molecule has 0 unspecified atom stereocenters. The van der Waals surface area contributed by atoms with Crippen molar-refractivity contribution < 1.29 is 4.74 Å². The Kier molecular flexibility index (Phi) is 1.92. The molecule has 0 spiro atoms. The molecule has 0 bridgehead atoms. The van der Waals surface area contributed by atoms with Crippen LogP contribution in [0.25, 0.3) is 22.0 Å². The second kappa shape index (κ2) is 3.57. The largest absolute Gasteiger partial charge is 0.487 e. The van der Waals surface area contributed by atoms with Crippen molar-refractivity contribution in [3.63, 3.8) is 0 Å². The van der Waals surface area contributed by atoms with E-state index >= 15 is 0 Å². The lowest BCUT2D eigenvalue weighted by atomic mass is 9.95. The van der Waals surface area contributed by atoms with E-state index in [9.17, 15) is 0 Å². The number of rotatable bonds is 0. The molecule has 0 saturated heterocycles. The Morgan fingerprint density at radius 1 is 0.944 bits per heavy atom. The Morgan fingerprint density at radius 3 is 2.89 bits per heavy atom. The Balaban J connectivity index is 2.09. The molecule has 2 nitrogen and oxygen atoms in total. The van der Waals surface area contributed by atoms with E-state index in [2.05, 4.69) is 41.4 Å². The first kappa shape index (κ1) is 9.66. The molecule has 0 saturated carbocycles. The summed E-state index contributed by atoms with van der Waals surface area (Å²) in [6.07, 6.45) is 1.81. The topological polar surface area (TPSA) is 22.1 Å². The highest BCUT2D eigenvalue weighted by Crippen LogP contribution is 2.38. The third-order valence-corrected chi connectivity index (χ3v) is 3.44. The third-order valence-electron chi connectivity index (χ3n) is 3.44. The molecule has 0 amide bonds. The summed E-state index contributed by atoms with van der Waals surface area (Å²) < 4.78 is 5.80. The average molecular weight is 233 g/mol. The zero-order chi connectivity index (χ0) is 11.9. The van der Waals surface area contributed by atoms with Gasteiger partial charge in [-0.05, 0) is 22.9 Å². The van der Waals surface area contributed by atoms with E-state index < -0.39 is 0 Å². The minimum absolute atomic E-state index is 0.620. The fraction of sp³-hybridized carbons (Fsp3) is 0.0625. The van der Waals surface area contributed by atoms with E-state index in [-0.39, 0.29) is 0 Å². The minimum atomic E-state index is 0.620. The number of benzene rings is 2. The summed E-state index contributed by atoms with van der Waals surface area (Å²) in [4.78, 5) is 4.44. The first-order chi connectivity index (χ1) is 8.93. The van der Waals surface area contributed by atoms with Gasteiger partial charge in [-0.2, -0.15) is 0 Å². The number of pyridine rings is 1. The van der Waals surface area contributed by atoms with Crippen LogP contribution in [-0.4, -0.2) is 4.98 Å². The normalized spacial score (nSPS) is 12.7. The Bertz CT molecular complexity index is 749. The smallest absolute Gasteiger partial charge is 0.146 e.